The molecule has 174 valence electrons. The molecular weight excluding hydrogens is 412 g/mol. The van der Waals surface area contributed by atoms with Gasteiger partial charge >= 0.3 is 6.09 Å². The fraction of sp³-hybridized carbons (Fsp3) is 0.522. The first kappa shape index (κ1) is 23.7. The van der Waals surface area contributed by atoms with Crippen LogP contribution in [0.3, 0.4) is 0 Å². The molecule has 2 aromatic rings. The van der Waals surface area contributed by atoms with E-state index >= 15 is 0 Å². The third kappa shape index (κ3) is 5.46. The zero-order valence-electron chi connectivity index (χ0n) is 19.3. The molecule has 2 amide bonds. The largest absolute Gasteiger partial charge is 0.453 e. The second kappa shape index (κ2) is 10.6. The van der Waals surface area contributed by atoms with E-state index in [0.29, 0.717) is 19.0 Å². The summed E-state index contributed by atoms with van der Waals surface area (Å²) < 4.78 is 15.9. The highest BCUT2D eigenvalue weighted by Gasteiger charge is 2.30. The van der Waals surface area contributed by atoms with Crippen molar-refractivity contribution in [3.63, 3.8) is 0 Å². The van der Waals surface area contributed by atoms with Crippen molar-refractivity contribution >= 4 is 12.0 Å². The Morgan fingerprint density at radius 1 is 1.19 bits per heavy atom. The van der Waals surface area contributed by atoms with Gasteiger partial charge in [-0.3, -0.25) is 4.79 Å². The molecule has 0 saturated carbocycles. The number of H-pyrrole nitrogens is 1. The quantitative estimate of drug-likeness (QED) is 0.678. The van der Waals surface area contributed by atoms with Crippen molar-refractivity contribution in [1.82, 2.24) is 20.2 Å². The molecule has 0 bridgehead atoms. The van der Waals surface area contributed by atoms with Crippen molar-refractivity contribution in [3.8, 4) is 11.3 Å². The van der Waals surface area contributed by atoms with Gasteiger partial charge in [0.15, 0.2) is 6.29 Å². The molecule has 9 nitrogen and oxygen atoms in total. The number of benzene rings is 1. The number of carbonyl (C=O) groups is 2. The predicted molar refractivity (Wildman–Crippen MR) is 119 cm³/mol. The van der Waals surface area contributed by atoms with Crippen LogP contribution in [0.1, 0.15) is 50.9 Å². The third-order valence-corrected chi connectivity index (χ3v) is 5.63. The van der Waals surface area contributed by atoms with Crippen LogP contribution >= 0.6 is 0 Å². The molecule has 1 fully saturated rings. The summed E-state index contributed by atoms with van der Waals surface area (Å²) in [6, 6.07) is 6.93. The van der Waals surface area contributed by atoms with E-state index in [1.807, 2.05) is 45.0 Å². The van der Waals surface area contributed by atoms with E-state index in [-0.39, 0.29) is 24.2 Å². The monoisotopic (exact) mass is 444 g/mol. The van der Waals surface area contributed by atoms with Crippen molar-refractivity contribution in [2.45, 2.75) is 45.6 Å². The Morgan fingerprint density at radius 2 is 1.84 bits per heavy atom. The van der Waals surface area contributed by atoms with Gasteiger partial charge in [0.2, 0.25) is 5.91 Å². The Bertz CT molecular complexity index is 905. The van der Waals surface area contributed by atoms with Crippen LogP contribution < -0.4 is 5.32 Å². The Balaban J connectivity index is 1.69. The van der Waals surface area contributed by atoms with E-state index in [4.69, 9.17) is 9.47 Å². The van der Waals surface area contributed by atoms with Gasteiger partial charge in [0.1, 0.15) is 11.9 Å². The van der Waals surface area contributed by atoms with E-state index in [1.54, 1.807) is 18.1 Å². The SMILES string of the molecule is COC(=O)N[C@@H](C(=O)N(C)[C@H](C)c1ncc(-c2ccc(C3OCCCO3)cc2)[nH]1)C(C)C. The molecular formula is C23H32N4O5. The minimum atomic E-state index is -0.693. The minimum Gasteiger partial charge on any atom is -0.453 e. The number of amides is 2. The number of alkyl carbamates (subject to hydrolysis) is 1. The lowest BCUT2D eigenvalue weighted by Gasteiger charge is -2.30. The number of ether oxygens (including phenoxy) is 3. The van der Waals surface area contributed by atoms with Crippen LogP contribution in [0.2, 0.25) is 0 Å². The molecule has 1 aromatic carbocycles. The molecule has 0 unspecified atom stereocenters. The second-order valence-electron chi connectivity index (χ2n) is 8.21. The fourth-order valence-corrected chi connectivity index (χ4v) is 3.49. The molecule has 1 aromatic heterocycles. The van der Waals surface area contributed by atoms with E-state index in [2.05, 4.69) is 20.0 Å². The summed E-state index contributed by atoms with van der Waals surface area (Å²) in [5.74, 6) is 0.339. The molecule has 32 heavy (non-hydrogen) atoms. The topological polar surface area (TPSA) is 106 Å². The summed E-state index contributed by atoms with van der Waals surface area (Å²) >= 11 is 0. The number of imidazole rings is 1. The van der Waals surface area contributed by atoms with Crippen LogP contribution in [0.15, 0.2) is 30.5 Å². The van der Waals surface area contributed by atoms with Crippen LogP contribution in [0.4, 0.5) is 4.79 Å². The summed E-state index contributed by atoms with van der Waals surface area (Å²) in [7, 11) is 2.97. The first-order valence-electron chi connectivity index (χ1n) is 10.8. The van der Waals surface area contributed by atoms with Crippen molar-refractivity contribution < 1.29 is 23.8 Å². The summed E-state index contributed by atoms with van der Waals surface area (Å²) in [6.45, 7) is 7.03. The maximum atomic E-state index is 13.0. The van der Waals surface area contributed by atoms with Crippen molar-refractivity contribution in [2.24, 2.45) is 5.92 Å². The number of carbonyl (C=O) groups excluding carboxylic acids is 2. The number of nitrogens with zero attached hydrogens (tertiary/aromatic N) is 2. The van der Waals surface area contributed by atoms with Crippen molar-refractivity contribution in [3.05, 3.63) is 41.9 Å². The maximum Gasteiger partial charge on any atom is 0.407 e. The Hall–Kier alpha value is -2.91. The van der Waals surface area contributed by atoms with E-state index in [1.165, 1.54) is 7.11 Å². The van der Waals surface area contributed by atoms with Crippen LogP contribution in [0.5, 0.6) is 0 Å². The smallest absolute Gasteiger partial charge is 0.407 e. The number of hydrogen-bond acceptors (Lipinski definition) is 6. The predicted octanol–water partition coefficient (Wildman–Crippen LogP) is 3.41. The van der Waals surface area contributed by atoms with Crippen molar-refractivity contribution in [2.75, 3.05) is 27.4 Å². The molecule has 1 saturated heterocycles. The number of nitrogens with one attached hydrogen (secondary N) is 2. The second-order valence-corrected chi connectivity index (χ2v) is 8.21. The van der Waals surface area contributed by atoms with Crippen LogP contribution in [-0.4, -0.2) is 60.3 Å². The van der Waals surface area contributed by atoms with Gasteiger partial charge in [0.25, 0.3) is 0 Å². The van der Waals surface area contributed by atoms with Crippen LogP contribution in [0.25, 0.3) is 11.3 Å². The highest BCUT2D eigenvalue weighted by atomic mass is 16.7. The summed E-state index contributed by atoms with van der Waals surface area (Å²) in [4.78, 5) is 34.0. The minimum absolute atomic E-state index is 0.0981. The molecule has 2 atom stereocenters. The molecule has 0 radical (unpaired) electrons. The number of hydrogen-bond donors (Lipinski definition) is 2. The van der Waals surface area contributed by atoms with Gasteiger partial charge in [0.05, 0.1) is 38.3 Å². The van der Waals surface area contributed by atoms with E-state index in [9.17, 15) is 9.59 Å². The summed E-state index contributed by atoms with van der Waals surface area (Å²) in [6.07, 6.45) is 1.71. The molecule has 0 aliphatic carbocycles. The van der Waals surface area contributed by atoms with Crippen molar-refractivity contribution in [1.29, 1.82) is 0 Å². The summed E-state index contributed by atoms with van der Waals surface area (Å²) in [5, 5.41) is 2.61. The van der Waals surface area contributed by atoms with Crippen LogP contribution in [-0.2, 0) is 19.0 Å². The molecule has 2 heterocycles. The van der Waals surface area contributed by atoms with E-state index < -0.39 is 12.1 Å². The molecule has 9 heteroatoms. The van der Waals surface area contributed by atoms with E-state index in [0.717, 1.165) is 23.2 Å². The Labute approximate surface area is 188 Å². The number of aromatic nitrogens is 2. The zero-order chi connectivity index (χ0) is 23.3. The number of rotatable bonds is 7. The Kier molecular flexibility index (Phi) is 7.87. The van der Waals surface area contributed by atoms with Gasteiger partial charge in [-0.25, -0.2) is 9.78 Å². The molecule has 3 rings (SSSR count). The van der Waals surface area contributed by atoms with Gasteiger partial charge in [-0.15, -0.1) is 0 Å². The molecule has 2 N–H and O–H groups in total. The molecule has 1 aliphatic heterocycles. The average Bonchev–Trinajstić information content (AvgIpc) is 3.31. The third-order valence-electron chi connectivity index (χ3n) is 5.63. The Morgan fingerprint density at radius 3 is 2.44 bits per heavy atom. The van der Waals surface area contributed by atoms with Gasteiger partial charge in [-0.2, -0.15) is 0 Å². The van der Waals surface area contributed by atoms with Gasteiger partial charge < -0.3 is 29.4 Å². The highest BCUT2D eigenvalue weighted by Crippen LogP contribution is 2.27. The zero-order valence-corrected chi connectivity index (χ0v) is 19.3. The maximum absolute atomic E-state index is 13.0. The van der Waals surface area contributed by atoms with Gasteiger partial charge in [0, 0.05) is 12.6 Å². The first-order valence-corrected chi connectivity index (χ1v) is 10.8. The summed E-state index contributed by atoms with van der Waals surface area (Å²) in [5.41, 5.74) is 2.79. The fourth-order valence-electron chi connectivity index (χ4n) is 3.49. The first-order chi connectivity index (χ1) is 15.3. The molecule has 0 spiro atoms. The highest BCUT2D eigenvalue weighted by molar-refractivity contribution is 5.86. The van der Waals surface area contributed by atoms with Gasteiger partial charge in [-0.1, -0.05) is 38.1 Å². The normalized spacial score (nSPS) is 16.4. The van der Waals surface area contributed by atoms with Crippen LogP contribution in [0, 0.1) is 5.92 Å². The lowest BCUT2D eigenvalue weighted by Crippen LogP contribution is -2.50. The average molecular weight is 445 g/mol. The number of aromatic amines is 1. The lowest BCUT2D eigenvalue weighted by atomic mass is 10.0. The number of methoxy groups -OCH3 is 1. The number of likely N-dealkylation sites (N-methyl/N-ethyl adjacent to an activating group) is 1. The molecule has 1 aliphatic rings. The van der Waals surface area contributed by atoms with Gasteiger partial charge in [-0.05, 0) is 24.8 Å². The standard InChI is InChI=1S/C23H32N4O5/c1-14(2)19(26-23(29)30-5)21(28)27(4)15(3)20-24-13-18(25-20)16-7-9-17(10-8-16)22-31-11-6-12-32-22/h7-10,13-15,19,22H,6,11-12H2,1-5H3,(H,24,25)(H,26,29)/t15-,19-/m1/s1. The lowest BCUT2D eigenvalue weighted by molar-refractivity contribution is -0.183.